The number of ether oxygens (including phenoxy) is 2. The summed E-state index contributed by atoms with van der Waals surface area (Å²) in [7, 11) is 0. The van der Waals surface area contributed by atoms with Gasteiger partial charge in [-0.05, 0) is 41.8 Å². The number of benzene rings is 3. The van der Waals surface area contributed by atoms with Crippen LogP contribution in [0, 0.1) is 6.92 Å². The number of para-hydroxylation sites is 1. The van der Waals surface area contributed by atoms with E-state index in [2.05, 4.69) is 23.2 Å². The number of hydrogen-bond donors (Lipinski definition) is 1. The first-order valence-corrected chi connectivity index (χ1v) is 12.2. The van der Waals surface area contributed by atoms with Gasteiger partial charge in [-0.1, -0.05) is 54.1 Å². The largest absolute Gasteiger partial charge is 0.454 e. The molecule has 1 unspecified atom stereocenters. The first-order valence-electron chi connectivity index (χ1n) is 12.2. The molecule has 3 aromatic carbocycles. The monoisotopic (exact) mass is 479 g/mol. The smallest absolute Gasteiger partial charge is 0.246 e. The SMILES string of the molecule is Cc1cccc(C2c3[nH]c4ccccc4c3C[C@H]3C(=O)N(Cc4ccc5c(c4)OCO5)CC(=O)N23)c1. The van der Waals surface area contributed by atoms with E-state index in [9.17, 15) is 9.59 Å². The summed E-state index contributed by atoms with van der Waals surface area (Å²) < 4.78 is 10.9. The summed E-state index contributed by atoms with van der Waals surface area (Å²) in [5, 5.41) is 1.11. The maximum atomic E-state index is 13.9. The Balaban J connectivity index is 1.30. The number of aromatic amines is 1. The van der Waals surface area contributed by atoms with Crippen molar-refractivity contribution in [2.24, 2.45) is 0 Å². The van der Waals surface area contributed by atoms with Gasteiger partial charge in [0.15, 0.2) is 11.5 Å². The number of nitrogens with zero attached hydrogens (tertiary/aromatic N) is 2. The van der Waals surface area contributed by atoms with Crippen molar-refractivity contribution >= 4 is 22.7 Å². The fourth-order valence-corrected chi connectivity index (χ4v) is 5.90. The molecule has 3 aliphatic heterocycles. The maximum absolute atomic E-state index is 13.9. The second kappa shape index (κ2) is 7.88. The molecule has 2 amide bonds. The van der Waals surface area contributed by atoms with Gasteiger partial charge >= 0.3 is 0 Å². The lowest BCUT2D eigenvalue weighted by atomic mass is 9.86. The van der Waals surface area contributed by atoms with Crippen molar-refractivity contribution < 1.29 is 19.1 Å². The van der Waals surface area contributed by atoms with Crippen LogP contribution in [0.3, 0.4) is 0 Å². The van der Waals surface area contributed by atoms with Crippen LogP contribution < -0.4 is 9.47 Å². The van der Waals surface area contributed by atoms with Gasteiger partial charge in [0.2, 0.25) is 18.6 Å². The molecule has 7 nitrogen and oxygen atoms in total. The number of piperazine rings is 1. The average Bonchev–Trinajstić information content (AvgIpc) is 3.50. The number of fused-ring (bicyclic) bond motifs is 5. The lowest BCUT2D eigenvalue weighted by molar-refractivity contribution is -0.159. The fourth-order valence-electron chi connectivity index (χ4n) is 5.90. The number of rotatable bonds is 3. The lowest BCUT2D eigenvalue weighted by Gasteiger charge is -2.47. The third-order valence-corrected chi connectivity index (χ3v) is 7.51. The molecule has 2 atom stereocenters. The lowest BCUT2D eigenvalue weighted by Crippen LogP contribution is -2.62. The Morgan fingerprint density at radius 3 is 2.72 bits per heavy atom. The third kappa shape index (κ3) is 3.19. The average molecular weight is 480 g/mol. The van der Waals surface area contributed by atoms with Crippen molar-refractivity contribution in [1.29, 1.82) is 0 Å². The molecular weight excluding hydrogens is 454 g/mol. The Bertz CT molecular complexity index is 1540. The number of hydrogen-bond acceptors (Lipinski definition) is 4. The zero-order valence-corrected chi connectivity index (χ0v) is 19.9. The highest BCUT2D eigenvalue weighted by Crippen LogP contribution is 2.43. The van der Waals surface area contributed by atoms with Gasteiger partial charge in [-0.25, -0.2) is 0 Å². The van der Waals surface area contributed by atoms with E-state index in [4.69, 9.17) is 9.47 Å². The molecule has 1 N–H and O–H groups in total. The van der Waals surface area contributed by atoms with E-state index in [1.807, 2.05) is 60.4 Å². The summed E-state index contributed by atoms with van der Waals surface area (Å²) in [6, 6.07) is 21.2. The molecule has 0 radical (unpaired) electrons. The van der Waals surface area contributed by atoms with Gasteiger partial charge in [0, 0.05) is 29.6 Å². The van der Waals surface area contributed by atoms with E-state index in [1.165, 1.54) is 0 Å². The first kappa shape index (κ1) is 21.1. The van der Waals surface area contributed by atoms with Crippen LogP contribution in [-0.4, -0.2) is 46.0 Å². The topological polar surface area (TPSA) is 74.9 Å². The molecule has 180 valence electrons. The number of carbonyl (C=O) groups excluding carboxylic acids is 2. The molecule has 3 aliphatic rings. The van der Waals surface area contributed by atoms with Gasteiger partial charge in [-0.2, -0.15) is 0 Å². The molecule has 4 heterocycles. The maximum Gasteiger partial charge on any atom is 0.246 e. The standard InChI is InChI=1S/C29H25N3O4/c1-17-5-4-6-19(11-17)28-27-21(20-7-2-3-8-22(20)30-27)13-23-29(34)31(15-26(33)32(23)28)14-18-9-10-24-25(12-18)36-16-35-24/h2-12,23,28,30H,13-16H2,1H3/t23-,28?/m0/s1. The molecular formula is C29H25N3O4. The number of aryl methyl sites for hydroxylation is 1. The van der Waals surface area contributed by atoms with Gasteiger partial charge in [0.25, 0.3) is 0 Å². The van der Waals surface area contributed by atoms with E-state index in [1.54, 1.807) is 4.90 Å². The Hall–Kier alpha value is -4.26. The highest BCUT2D eigenvalue weighted by atomic mass is 16.7. The summed E-state index contributed by atoms with van der Waals surface area (Å²) in [5.74, 6) is 1.30. The van der Waals surface area contributed by atoms with E-state index in [0.29, 0.717) is 24.5 Å². The van der Waals surface area contributed by atoms with E-state index in [0.717, 1.165) is 38.9 Å². The van der Waals surface area contributed by atoms with Crippen molar-refractivity contribution in [1.82, 2.24) is 14.8 Å². The van der Waals surface area contributed by atoms with E-state index >= 15 is 0 Å². The minimum Gasteiger partial charge on any atom is -0.454 e. The number of nitrogens with one attached hydrogen (secondary N) is 1. The number of carbonyl (C=O) groups is 2. The molecule has 1 aromatic heterocycles. The normalized spacial score (nSPS) is 20.6. The molecule has 0 spiro atoms. The molecule has 0 bridgehead atoms. The molecule has 7 rings (SSSR count). The zero-order valence-electron chi connectivity index (χ0n) is 19.9. The van der Waals surface area contributed by atoms with Crippen molar-refractivity contribution in [2.45, 2.75) is 32.0 Å². The second-order valence-electron chi connectivity index (χ2n) is 9.78. The third-order valence-electron chi connectivity index (χ3n) is 7.51. The van der Waals surface area contributed by atoms with Crippen LogP contribution in [0.15, 0.2) is 66.7 Å². The van der Waals surface area contributed by atoms with Gasteiger partial charge in [-0.3, -0.25) is 9.59 Å². The van der Waals surface area contributed by atoms with Crippen LogP contribution in [0.4, 0.5) is 0 Å². The van der Waals surface area contributed by atoms with Gasteiger partial charge in [0.05, 0.1) is 6.04 Å². The predicted octanol–water partition coefficient (Wildman–Crippen LogP) is 4.09. The molecule has 0 aliphatic carbocycles. The molecule has 1 fully saturated rings. The van der Waals surface area contributed by atoms with Crippen LogP contribution in [0.5, 0.6) is 11.5 Å². The highest BCUT2D eigenvalue weighted by molar-refractivity contribution is 5.97. The summed E-state index contributed by atoms with van der Waals surface area (Å²) in [6.07, 6.45) is 0.490. The molecule has 1 saturated heterocycles. The van der Waals surface area contributed by atoms with E-state index in [-0.39, 0.29) is 31.2 Å². The van der Waals surface area contributed by atoms with Crippen molar-refractivity contribution in [3.63, 3.8) is 0 Å². The number of amides is 2. The summed E-state index contributed by atoms with van der Waals surface area (Å²) >= 11 is 0. The van der Waals surface area contributed by atoms with Crippen LogP contribution >= 0.6 is 0 Å². The van der Waals surface area contributed by atoms with Crippen LogP contribution in [0.1, 0.15) is 34.0 Å². The highest BCUT2D eigenvalue weighted by Gasteiger charge is 2.48. The van der Waals surface area contributed by atoms with Crippen molar-refractivity contribution in [3.8, 4) is 11.5 Å². The van der Waals surface area contributed by atoms with Gasteiger partial charge < -0.3 is 24.3 Å². The van der Waals surface area contributed by atoms with Crippen LogP contribution in [-0.2, 0) is 22.6 Å². The second-order valence-corrected chi connectivity index (χ2v) is 9.78. The van der Waals surface area contributed by atoms with Crippen molar-refractivity contribution in [3.05, 3.63) is 94.7 Å². The Labute approximate surface area is 208 Å². The molecule has 36 heavy (non-hydrogen) atoms. The van der Waals surface area contributed by atoms with E-state index < -0.39 is 6.04 Å². The first-order chi connectivity index (χ1) is 17.6. The Morgan fingerprint density at radius 2 is 1.83 bits per heavy atom. The summed E-state index contributed by atoms with van der Waals surface area (Å²) in [6.45, 7) is 2.64. The van der Waals surface area contributed by atoms with Gasteiger partial charge in [-0.15, -0.1) is 0 Å². The Kier molecular flexibility index (Phi) is 4.61. The minimum atomic E-state index is -0.558. The Morgan fingerprint density at radius 1 is 0.972 bits per heavy atom. The number of H-pyrrole nitrogens is 1. The quantitative estimate of drug-likeness (QED) is 0.480. The molecule has 7 heteroatoms. The summed E-state index contributed by atoms with van der Waals surface area (Å²) in [5.41, 5.74) is 6.18. The minimum absolute atomic E-state index is 0.0270. The van der Waals surface area contributed by atoms with Crippen LogP contribution in [0.2, 0.25) is 0 Å². The fraction of sp³-hybridized carbons (Fsp3) is 0.241. The van der Waals surface area contributed by atoms with Crippen LogP contribution in [0.25, 0.3) is 10.9 Å². The molecule has 0 saturated carbocycles. The van der Waals surface area contributed by atoms with Crippen molar-refractivity contribution in [2.75, 3.05) is 13.3 Å². The summed E-state index contributed by atoms with van der Waals surface area (Å²) in [4.78, 5) is 34.7. The zero-order chi connectivity index (χ0) is 24.4. The van der Waals surface area contributed by atoms with Gasteiger partial charge in [0.1, 0.15) is 12.6 Å². The number of aromatic nitrogens is 1. The predicted molar refractivity (Wildman–Crippen MR) is 134 cm³/mol. The molecule has 4 aromatic rings.